The first kappa shape index (κ1) is 15.0. The predicted molar refractivity (Wildman–Crippen MR) is 78.2 cm³/mol. The average molecular weight is 386 g/mol. The SMILES string of the molecule is Fc1ccc(C(Cl)c2cc(Cl)c(Br)cc2F)c(Cl)c1. The molecule has 0 aliphatic rings. The second-order valence-corrected chi connectivity index (χ2v) is 5.92. The number of hydrogen-bond acceptors (Lipinski definition) is 0. The van der Waals surface area contributed by atoms with Gasteiger partial charge in [-0.25, -0.2) is 8.78 Å². The fraction of sp³-hybridized carbons (Fsp3) is 0.0769. The molecule has 0 saturated heterocycles. The molecular weight excluding hydrogens is 380 g/mol. The van der Waals surface area contributed by atoms with Crippen LogP contribution in [0.15, 0.2) is 34.8 Å². The van der Waals surface area contributed by atoms with Crippen LogP contribution >= 0.6 is 50.7 Å². The Morgan fingerprint density at radius 2 is 1.63 bits per heavy atom. The zero-order valence-electron chi connectivity index (χ0n) is 9.23. The van der Waals surface area contributed by atoms with Crippen LogP contribution in [0.3, 0.4) is 0 Å². The maximum Gasteiger partial charge on any atom is 0.129 e. The molecule has 2 aromatic carbocycles. The summed E-state index contributed by atoms with van der Waals surface area (Å²) in [7, 11) is 0. The van der Waals surface area contributed by atoms with Gasteiger partial charge in [0, 0.05) is 15.1 Å². The van der Waals surface area contributed by atoms with Crippen LogP contribution in [0.25, 0.3) is 0 Å². The smallest absolute Gasteiger partial charge is 0.129 e. The molecule has 0 aliphatic carbocycles. The summed E-state index contributed by atoms with van der Waals surface area (Å²) in [5.41, 5.74) is 0.602. The monoisotopic (exact) mass is 384 g/mol. The Morgan fingerprint density at radius 1 is 0.947 bits per heavy atom. The lowest BCUT2D eigenvalue weighted by Crippen LogP contribution is -1.99. The molecule has 0 radical (unpaired) electrons. The third-order valence-electron chi connectivity index (χ3n) is 2.55. The summed E-state index contributed by atoms with van der Waals surface area (Å²) < 4.78 is 27.3. The van der Waals surface area contributed by atoms with E-state index in [1.54, 1.807) is 0 Å². The van der Waals surface area contributed by atoms with Crippen LogP contribution in [0.1, 0.15) is 16.5 Å². The number of alkyl halides is 1. The molecular formula is C13H6BrCl3F2. The van der Waals surface area contributed by atoms with Gasteiger partial charge in [-0.2, -0.15) is 0 Å². The van der Waals surface area contributed by atoms with Gasteiger partial charge in [-0.3, -0.25) is 0 Å². The van der Waals surface area contributed by atoms with Gasteiger partial charge in [-0.1, -0.05) is 29.3 Å². The fourth-order valence-electron chi connectivity index (χ4n) is 1.61. The van der Waals surface area contributed by atoms with E-state index in [0.29, 0.717) is 15.1 Å². The highest BCUT2D eigenvalue weighted by Gasteiger charge is 2.19. The molecule has 2 rings (SSSR count). The minimum Gasteiger partial charge on any atom is -0.207 e. The molecule has 1 unspecified atom stereocenters. The first-order valence-electron chi connectivity index (χ1n) is 5.13. The van der Waals surface area contributed by atoms with Gasteiger partial charge in [0.15, 0.2) is 0 Å². The summed E-state index contributed by atoms with van der Waals surface area (Å²) in [6.07, 6.45) is 0. The van der Waals surface area contributed by atoms with Gasteiger partial charge in [-0.15, -0.1) is 11.6 Å². The maximum atomic E-state index is 13.9. The normalized spacial score (nSPS) is 12.5. The van der Waals surface area contributed by atoms with Crippen molar-refractivity contribution in [2.24, 2.45) is 0 Å². The fourth-order valence-corrected chi connectivity index (χ4v) is 2.78. The van der Waals surface area contributed by atoms with Crippen LogP contribution in [0.4, 0.5) is 8.78 Å². The van der Waals surface area contributed by atoms with E-state index in [1.807, 2.05) is 0 Å². The number of rotatable bonds is 2. The molecule has 0 heterocycles. The van der Waals surface area contributed by atoms with Crippen LogP contribution in [-0.4, -0.2) is 0 Å². The zero-order chi connectivity index (χ0) is 14.2. The van der Waals surface area contributed by atoms with Gasteiger partial charge in [0.1, 0.15) is 11.6 Å². The van der Waals surface area contributed by atoms with Crippen LogP contribution in [0.5, 0.6) is 0 Å². The minimum absolute atomic E-state index is 0.137. The Labute approximate surface area is 132 Å². The van der Waals surface area contributed by atoms with Crippen LogP contribution in [0, 0.1) is 11.6 Å². The molecule has 0 aliphatic heterocycles. The van der Waals surface area contributed by atoms with Gasteiger partial charge >= 0.3 is 0 Å². The topological polar surface area (TPSA) is 0 Å². The summed E-state index contributed by atoms with van der Waals surface area (Å²) in [6.45, 7) is 0. The second kappa shape index (κ2) is 5.96. The molecule has 0 bridgehead atoms. The van der Waals surface area contributed by atoms with Gasteiger partial charge in [-0.05, 0) is 45.8 Å². The van der Waals surface area contributed by atoms with Crippen molar-refractivity contribution in [3.8, 4) is 0 Å². The first-order valence-corrected chi connectivity index (χ1v) is 7.12. The van der Waals surface area contributed by atoms with E-state index in [2.05, 4.69) is 15.9 Å². The predicted octanol–water partition coefficient (Wildman–Crippen LogP) is 6.36. The maximum absolute atomic E-state index is 13.9. The van der Waals surface area contributed by atoms with Crippen molar-refractivity contribution in [3.05, 3.63) is 67.6 Å². The van der Waals surface area contributed by atoms with Crippen LogP contribution in [0.2, 0.25) is 10.0 Å². The molecule has 0 nitrogen and oxygen atoms in total. The molecule has 100 valence electrons. The van der Waals surface area contributed by atoms with E-state index >= 15 is 0 Å². The molecule has 0 aromatic heterocycles. The highest BCUT2D eigenvalue weighted by atomic mass is 79.9. The number of benzene rings is 2. The second-order valence-electron chi connectivity index (χ2n) is 3.82. The first-order chi connectivity index (χ1) is 8.90. The lowest BCUT2D eigenvalue weighted by atomic mass is 10.0. The third kappa shape index (κ3) is 3.22. The van der Waals surface area contributed by atoms with E-state index in [9.17, 15) is 8.78 Å². The molecule has 0 saturated carbocycles. The Bertz CT molecular complexity index is 632. The van der Waals surface area contributed by atoms with Crippen LogP contribution in [-0.2, 0) is 0 Å². The van der Waals surface area contributed by atoms with E-state index < -0.39 is 17.0 Å². The van der Waals surface area contributed by atoms with Gasteiger partial charge in [0.25, 0.3) is 0 Å². The lowest BCUT2D eigenvalue weighted by Gasteiger charge is -2.14. The molecule has 0 spiro atoms. The molecule has 0 amide bonds. The van der Waals surface area contributed by atoms with E-state index in [0.717, 1.165) is 6.07 Å². The Kier molecular flexibility index (Phi) is 4.72. The minimum atomic E-state index is -0.848. The van der Waals surface area contributed by atoms with E-state index in [4.69, 9.17) is 34.8 Å². The molecule has 0 N–H and O–H groups in total. The van der Waals surface area contributed by atoms with Gasteiger partial charge in [0.2, 0.25) is 0 Å². The largest absolute Gasteiger partial charge is 0.207 e. The molecule has 6 heteroatoms. The van der Waals surface area contributed by atoms with Crippen LogP contribution < -0.4 is 0 Å². The Hall–Kier alpha value is -0.350. The highest BCUT2D eigenvalue weighted by Crippen LogP contribution is 2.38. The summed E-state index contributed by atoms with van der Waals surface area (Å²) >= 11 is 21.1. The zero-order valence-corrected chi connectivity index (χ0v) is 13.1. The summed E-state index contributed by atoms with van der Waals surface area (Å²) in [5.74, 6) is -0.997. The lowest BCUT2D eigenvalue weighted by molar-refractivity contribution is 0.611. The summed E-state index contributed by atoms with van der Waals surface area (Å²) in [6, 6.07) is 6.41. The van der Waals surface area contributed by atoms with Gasteiger partial charge < -0.3 is 0 Å². The standard InChI is InChI=1S/C13H6BrCl3F2/c14-9-5-12(19)8(4-11(9)16)13(17)7-2-1-6(18)3-10(7)15/h1-5,13H. The van der Waals surface area contributed by atoms with Gasteiger partial charge in [0.05, 0.1) is 10.4 Å². The molecule has 2 aromatic rings. The highest BCUT2D eigenvalue weighted by molar-refractivity contribution is 9.10. The molecule has 1 atom stereocenters. The molecule has 19 heavy (non-hydrogen) atoms. The Morgan fingerprint density at radius 3 is 2.26 bits per heavy atom. The van der Waals surface area contributed by atoms with Crippen molar-refractivity contribution >= 4 is 50.7 Å². The Balaban J connectivity index is 2.49. The third-order valence-corrected chi connectivity index (χ3v) is 4.54. The molecule has 0 fully saturated rings. The average Bonchev–Trinajstić information content (AvgIpc) is 2.33. The van der Waals surface area contributed by atoms with Crippen molar-refractivity contribution in [1.82, 2.24) is 0 Å². The summed E-state index contributed by atoms with van der Waals surface area (Å²) in [4.78, 5) is 0. The van der Waals surface area contributed by atoms with E-state index in [-0.39, 0.29) is 10.6 Å². The summed E-state index contributed by atoms with van der Waals surface area (Å²) in [5, 5.41) is -0.377. The van der Waals surface area contributed by atoms with Crippen molar-refractivity contribution in [2.45, 2.75) is 5.38 Å². The van der Waals surface area contributed by atoms with Crippen molar-refractivity contribution in [1.29, 1.82) is 0 Å². The van der Waals surface area contributed by atoms with Crippen molar-refractivity contribution in [3.63, 3.8) is 0 Å². The number of hydrogen-bond donors (Lipinski definition) is 0. The van der Waals surface area contributed by atoms with E-state index in [1.165, 1.54) is 24.3 Å². The van der Waals surface area contributed by atoms with Crippen molar-refractivity contribution in [2.75, 3.05) is 0 Å². The van der Waals surface area contributed by atoms with Crippen molar-refractivity contribution < 1.29 is 8.78 Å². The number of halogens is 6. The quantitative estimate of drug-likeness (QED) is 0.416.